The van der Waals surface area contributed by atoms with Crippen molar-refractivity contribution in [3.8, 4) is 11.6 Å². The SMILES string of the molecule is CCCOc1nc(N)nc2c1ncn2[C@@H]1O[C@H](COP(=O)(N[C@@H](C)C(=O)OC(C)C)Oc2ccccc2)[C@@H](O)[C@@]1(C)F. The molecular formula is C26H36FN6O8P. The number of fused-ring (bicyclic) bond motifs is 1. The number of aliphatic hydroxyl groups excluding tert-OH is 1. The number of imidazole rings is 1. The number of alkyl halides is 1. The lowest BCUT2D eigenvalue weighted by atomic mass is 9.98. The number of para-hydroxylation sites is 1. The Morgan fingerprint density at radius 2 is 2.00 bits per heavy atom. The third kappa shape index (κ3) is 6.98. The standard InChI is InChI=1S/C26H36FN6O8P/c1-6-12-37-22-19-21(30-25(28)31-22)33(14-29-19)24-26(5,27)20(34)18(40-24)13-38-42(36,41-17-10-8-7-9-11-17)32-16(4)23(35)39-15(2)3/h7-11,14-16,18,20,24,34H,6,12-13H2,1-5H3,(H,32,36)(H2,28,30,31)/t16-,18+,20+,24+,26+,42?/m0/s1. The summed E-state index contributed by atoms with van der Waals surface area (Å²) >= 11 is 0. The van der Waals surface area contributed by atoms with E-state index in [1.807, 2.05) is 6.92 Å². The highest BCUT2D eigenvalue weighted by atomic mass is 31.2. The molecule has 3 aromatic rings. The van der Waals surface area contributed by atoms with Gasteiger partial charge in [0.2, 0.25) is 11.8 Å². The van der Waals surface area contributed by atoms with Crippen LogP contribution in [0, 0.1) is 0 Å². The van der Waals surface area contributed by atoms with E-state index in [0.717, 1.165) is 6.92 Å². The van der Waals surface area contributed by atoms with Gasteiger partial charge in [0, 0.05) is 0 Å². The van der Waals surface area contributed by atoms with E-state index in [1.54, 1.807) is 44.2 Å². The molecule has 16 heteroatoms. The number of anilines is 1. The summed E-state index contributed by atoms with van der Waals surface area (Å²) in [5.74, 6) is -0.492. The van der Waals surface area contributed by atoms with Gasteiger partial charge in [0.15, 0.2) is 23.1 Å². The second kappa shape index (κ2) is 12.9. The molecule has 6 atom stereocenters. The van der Waals surface area contributed by atoms with Gasteiger partial charge in [0.1, 0.15) is 24.0 Å². The molecule has 1 saturated heterocycles. The first-order chi connectivity index (χ1) is 19.8. The lowest BCUT2D eigenvalue weighted by molar-refractivity contribution is -0.149. The summed E-state index contributed by atoms with van der Waals surface area (Å²) in [4.78, 5) is 24.9. The Morgan fingerprint density at radius 3 is 2.67 bits per heavy atom. The van der Waals surface area contributed by atoms with Crippen LogP contribution >= 0.6 is 7.75 Å². The maximum Gasteiger partial charge on any atom is 0.459 e. The Balaban J connectivity index is 1.56. The summed E-state index contributed by atoms with van der Waals surface area (Å²) in [6, 6.07) is 7.03. The van der Waals surface area contributed by atoms with Gasteiger partial charge in [-0.05, 0) is 46.2 Å². The maximum absolute atomic E-state index is 16.1. The van der Waals surface area contributed by atoms with Crippen LogP contribution in [0.2, 0.25) is 0 Å². The van der Waals surface area contributed by atoms with Crippen molar-refractivity contribution < 1.29 is 42.1 Å². The highest BCUT2D eigenvalue weighted by Crippen LogP contribution is 2.48. The molecule has 0 aliphatic carbocycles. The Morgan fingerprint density at radius 1 is 1.29 bits per heavy atom. The molecule has 1 fully saturated rings. The van der Waals surface area contributed by atoms with Gasteiger partial charge < -0.3 is 29.6 Å². The fourth-order valence-corrected chi connectivity index (χ4v) is 5.74. The second-order valence-corrected chi connectivity index (χ2v) is 11.9. The Kier molecular flexibility index (Phi) is 9.68. The number of nitrogens with one attached hydrogen (secondary N) is 1. The van der Waals surface area contributed by atoms with Crippen molar-refractivity contribution in [1.82, 2.24) is 24.6 Å². The minimum atomic E-state index is -4.30. The van der Waals surface area contributed by atoms with Crippen LogP contribution in [0.3, 0.4) is 0 Å². The quantitative estimate of drug-likeness (QED) is 0.189. The number of aromatic nitrogens is 4. The number of ether oxygens (including phenoxy) is 3. The lowest BCUT2D eigenvalue weighted by Gasteiger charge is -2.25. The smallest absolute Gasteiger partial charge is 0.459 e. The molecule has 0 amide bonds. The maximum atomic E-state index is 16.1. The van der Waals surface area contributed by atoms with Crippen LogP contribution in [0.4, 0.5) is 10.3 Å². The van der Waals surface area contributed by atoms with E-state index in [1.165, 1.54) is 17.8 Å². The topological polar surface area (TPSA) is 182 Å². The molecule has 4 N–H and O–H groups in total. The average molecular weight is 611 g/mol. The number of halogens is 1. The molecule has 3 heterocycles. The van der Waals surface area contributed by atoms with E-state index in [2.05, 4.69) is 20.0 Å². The Bertz CT molecular complexity index is 1420. The molecule has 42 heavy (non-hydrogen) atoms. The average Bonchev–Trinajstić information content (AvgIpc) is 3.43. The summed E-state index contributed by atoms with van der Waals surface area (Å²) in [5.41, 5.74) is 3.85. The molecule has 0 saturated carbocycles. The molecule has 1 aromatic carbocycles. The molecule has 230 valence electrons. The fourth-order valence-electron chi connectivity index (χ4n) is 4.23. The molecule has 1 aliphatic rings. The zero-order valence-corrected chi connectivity index (χ0v) is 24.9. The number of carbonyl (C=O) groups excluding carboxylic acids is 1. The summed E-state index contributed by atoms with van der Waals surface area (Å²) < 4.78 is 59.0. The van der Waals surface area contributed by atoms with Crippen molar-refractivity contribution in [2.75, 3.05) is 18.9 Å². The number of aliphatic hydroxyl groups is 1. The van der Waals surface area contributed by atoms with Gasteiger partial charge in [0.25, 0.3) is 0 Å². The normalized spacial score (nSPS) is 24.4. The van der Waals surface area contributed by atoms with Crippen molar-refractivity contribution in [2.45, 2.75) is 77.3 Å². The van der Waals surface area contributed by atoms with E-state index in [4.69, 9.17) is 29.0 Å². The number of hydrogen-bond donors (Lipinski definition) is 3. The van der Waals surface area contributed by atoms with Crippen LogP contribution in [-0.2, 0) is 23.4 Å². The molecule has 0 radical (unpaired) electrons. The zero-order valence-electron chi connectivity index (χ0n) is 24.0. The van der Waals surface area contributed by atoms with Crippen molar-refractivity contribution in [3.63, 3.8) is 0 Å². The number of nitrogens with zero attached hydrogens (tertiary/aromatic N) is 4. The fraction of sp³-hybridized carbons (Fsp3) is 0.538. The van der Waals surface area contributed by atoms with Crippen LogP contribution in [0.25, 0.3) is 11.2 Å². The molecule has 0 spiro atoms. The first kappa shape index (κ1) is 31.6. The van der Waals surface area contributed by atoms with Gasteiger partial charge in [-0.25, -0.2) is 13.9 Å². The van der Waals surface area contributed by atoms with Crippen LogP contribution in [0.15, 0.2) is 36.7 Å². The van der Waals surface area contributed by atoms with E-state index >= 15 is 4.39 Å². The van der Waals surface area contributed by atoms with Gasteiger partial charge >= 0.3 is 13.7 Å². The van der Waals surface area contributed by atoms with Crippen molar-refractivity contribution >= 4 is 30.8 Å². The zero-order chi connectivity index (χ0) is 30.7. The number of benzene rings is 1. The highest BCUT2D eigenvalue weighted by Gasteiger charge is 2.56. The van der Waals surface area contributed by atoms with Crippen LogP contribution < -0.4 is 20.1 Å². The first-order valence-electron chi connectivity index (χ1n) is 13.5. The van der Waals surface area contributed by atoms with Gasteiger partial charge in [-0.15, -0.1) is 0 Å². The number of carbonyl (C=O) groups is 1. The van der Waals surface area contributed by atoms with Crippen molar-refractivity contribution in [2.24, 2.45) is 0 Å². The van der Waals surface area contributed by atoms with E-state index in [-0.39, 0.29) is 28.7 Å². The predicted octanol–water partition coefficient (Wildman–Crippen LogP) is 3.32. The number of nitrogens with two attached hydrogens (primary N) is 1. The van der Waals surface area contributed by atoms with Gasteiger partial charge in [0.05, 0.1) is 25.6 Å². The van der Waals surface area contributed by atoms with Crippen molar-refractivity contribution in [1.29, 1.82) is 0 Å². The monoisotopic (exact) mass is 610 g/mol. The predicted molar refractivity (Wildman–Crippen MR) is 149 cm³/mol. The second-order valence-electron chi connectivity index (χ2n) is 10.2. The van der Waals surface area contributed by atoms with E-state index < -0.39 is 56.6 Å². The molecule has 1 unspecified atom stereocenters. The highest BCUT2D eigenvalue weighted by molar-refractivity contribution is 7.52. The third-order valence-corrected chi connectivity index (χ3v) is 7.90. The summed E-state index contributed by atoms with van der Waals surface area (Å²) in [6.07, 6.45) is -2.90. The largest absolute Gasteiger partial charge is 0.476 e. The van der Waals surface area contributed by atoms with Crippen LogP contribution in [0.1, 0.15) is 47.3 Å². The number of rotatable bonds is 13. The number of esters is 1. The summed E-state index contributed by atoms with van der Waals surface area (Å²) in [7, 11) is -4.30. The molecule has 4 rings (SSSR count). The minimum absolute atomic E-state index is 0.121. The van der Waals surface area contributed by atoms with Crippen molar-refractivity contribution in [3.05, 3.63) is 36.7 Å². The Hall–Kier alpha value is -3.36. The number of nitrogen functional groups attached to an aromatic ring is 1. The summed E-state index contributed by atoms with van der Waals surface area (Å²) in [5, 5.41) is 13.5. The Labute approximate surface area is 242 Å². The molecule has 1 aliphatic heterocycles. The number of hydrogen-bond acceptors (Lipinski definition) is 12. The van der Waals surface area contributed by atoms with Crippen LogP contribution in [0.5, 0.6) is 11.6 Å². The lowest BCUT2D eigenvalue weighted by Crippen LogP contribution is -2.41. The first-order valence-corrected chi connectivity index (χ1v) is 15.0. The van der Waals surface area contributed by atoms with Crippen LogP contribution in [-0.4, -0.2) is 73.8 Å². The molecule has 0 bridgehead atoms. The molecular weight excluding hydrogens is 574 g/mol. The molecule has 14 nitrogen and oxygen atoms in total. The van der Waals surface area contributed by atoms with Gasteiger partial charge in [-0.2, -0.15) is 15.1 Å². The molecule has 2 aromatic heterocycles. The van der Waals surface area contributed by atoms with E-state index in [0.29, 0.717) is 13.0 Å². The third-order valence-electron chi connectivity index (χ3n) is 6.25. The van der Waals surface area contributed by atoms with E-state index in [9.17, 15) is 14.5 Å². The van der Waals surface area contributed by atoms with Gasteiger partial charge in [-0.3, -0.25) is 13.9 Å². The van der Waals surface area contributed by atoms with Gasteiger partial charge in [-0.1, -0.05) is 25.1 Å². The minimum Gasteiger partial charge on any atom is -0.476 e. The summed E-state index contributed by atoms with van der Waals surface area (Å²) in [6.45, 7) is 7.62.